The Hall–Kier alpha value is -0.970. The summed E-state index contributed by atoms with van der Waals surface area (Å²) in [6.45, 7) is 8.53. The first-order chi connectivity index (χ1) is 8.59. The molecule has 18 heavy (non-hydrogen) atoms. The van der Waals surface area contributed by atoms with Gasteiger partial charge in [0.2, 0.25) is 0 Å². The van der Waals surface area contributed by atoms with Crippen LogP contribution in [-0.2, 0) is 6.54 Å². The maximum atomic E-state index is 9.37. The van der Waals surface area contributed by atoms with Crippen LogP contribution in [0.2, 0.25) is 0 Å². The Morgan fingerprint density at radius 1 is 1.44 bits per heavy atom. The first kappa shape index (κ1) is 13.5. The van der Waals surface area contributed by atoms with Crippen LogP contribution in [0.4, 0.5) is 0 Å². The molecule has 1 saturated heterocycles. The number of aliphatic hydroxyl groups excluding tert-OH is 1. The molecule has 0 aromatic carbocycles. The van der Waals surface area contributed by atoms with Gasteiger partial charge in [-0.25, -0.2) is 0 Å². The molecule has 100 valence electrons. The molecule has 0 spiro atoms. The molecule has 0 bridgehead atoms. The van der Waals surface area contributed by atoms with Gasteiger partial charge in [0.25, 0.3) is 0 Å². The summed E-state index contributed by atoms with van der Waals surface area (Å²) in [5, 5.41) is 12.8. The van der Waals surface area contributed by atoms with Crippen molar-refractivity contribution in [2.75, 3.05) is 26.2 Å². The number of hydrogen-bond acceptors (Lipinski definition) is 4. The van der Waals surface area contributed by atoms with Crippen LogP contribution in [0.25, 0.3) is 0 Å². The molecule has 1 aromatic rings. The summed E-state index contributed by atoms with van der Waals surface area (Å²) in [6, 6.07) is 4.28. The third kappa shape index (κ3) is 3.77. The van der Waals surface area contributed by atoms with Crippen LogP contribution in [0.15, 0.2) is 24.5 Å². The molecule has 0 saturated carbocycles. The van der Waals surface area contributed by atoms with Crippen LogP contribution in [0.1, 0.15) is 19.4 Å². The summed E-state index contributed by atoms with van der Waals surface area (Å²) in [4.78, 5) is 6.46. The van der Waals surface area contributed by atoms with Crippen molar-refractivity contribution in [1.29, 1.82) is 0 Å². The Bertz CT molecular complexity index is 367. The van der Waals surface area contributed by atoms with Gasteiger partial charge in [-0.1, -0.05) is 13.8 Å². The van der Waals surface area contributed by atoms with E-state index in [2.05, 4.69) is 41.2 Å². The number of aliphatic hydroxyl groups is 1. The lowest BCUT2D eigenvalue weighted by molar-refractivity contribution is 0.176. The van der Waals surface area contributed by atoms with Gasteiger partial charge >= 0.3 is 0 Å². The van der Waals surface area contributed by atoms with E-state index in [-0.39, 0.29) is 18.1 Å². The Morgan fingerprint density at radius 3 is 2.83 bits per heavy atom. The number of nitrogens with one attached hydrogen (secondary N) is 1. The standard InChI is InChI=1S/C14H23N3O/c1-14(2)10-16-13(9-18)8-17(11-14)7-12-3-5-15-6-4-12/h3-6,13,16,18H,7-11H2,1-2H3. The number of pyridine rings is 1. The van der Waals surface area contributed by atoms with Gasteiger partial charge in [-0.15, -0.1) is 0 Å². The van der Waals surface area contributed by atoms with Gasteiger partial charge < -0.3 is 10.4 Å². The van der Waals surface area contributed by atoms with E-state index in [0.717, 1.165) is 26.2 Å². The molecule has 4 nitrogen and oxygen atoms in total. The second-order valence-electron chi connectivity index (χ2n) is 5.95. The Balaban J connectivity index is 2.05. The van der Waals surface area contributed by atoms with Crippen molar-refractivity contribution in [3.8, 4) is 0 Å². The minimum absolute atomic E-state index is 0.175. The van der Waals surface area contributed by atoms with Crippen molar-refractivity contribution in [2.45, 2.75) is 26.4 Å². The van der Waals surface area contributed by atoms with E-state index in [1.807, 2.05) is 12.4 Å². The molecule has 0 aliphatic carbocycles. The molecule has 1 aromatic heterocycles. The maximum absolute atomic E-state index is 9.37. The van der Waals surface area contributed by atoms with Crippen LogP contribution in [-0.4, -0.2) is 47.3 Å². The molecule has 0 amide bonds. The lowest BCUT2D eigenvalue weighted by Gasteiger charge is -2.29. The molecule has 2 rings (SSSR count). The van der Waals surface area contributed by atoms with Gasteiger partial charge in [0, 0.05) is 44.6 Å². The Kier molecular flexibility index (Phi) is 4.32. The molecule has 2 heterocycles. The Morgan fingerprint density at radius 2 is 2.17 bits per heavy atom. The van der Waals surface area contributed by atoms with E-state index in [1.54, 1.807) is 0 Å². The van der Waals surface area contributed by atoms with E-state index in [1.165, 1.54) is 5.56 Å². The quantitative estimate of drug-likeness (QED) is 0.835. The minimum Gasteiger partial charge on any atom is -0.395 e. The lowest BCUT2D eigenvalue weighted by Crippen LogP contribution is -2.40. The fourth-order valence-electron chi connectivity index (χ4n) is 2.51. The fraction of sp³-hybridized carbons (Fsp3) is 0.643. The summed E-state index contributed by atoms with van der Waals surface area (Å²) in [5.41, 5.74) is 1.51. The molecule has 1 fully saturated rings. The highest BCUT2D eigenvalue weighted by molar-refractivity contribution is 5.09. The zero-order valence-corrected chi connectivity index (χ0v) is 11.3. The summed E-state index contributed by atoms with van der Waals surface area (Å²) in [7, 11) is 0. The van der Waals surface area contributed by atoms with Crippen molar-refractivity contribution in [2.24, 2.45) is 5.41 Å². The van der Waals surface area contributed by atoms with Crippen molar-refractivity contribution in [3.63, 3.8) is 0 Å². The van der Waals surface area contributed by atoms with Gasteiger partial charge in [0.1, 0.15) is 0 Å². The monoisotopic (exact) mass is 249 g/mol. The van der Waals surface area contributed by atoms with Crippen LogP contribution in [0, 0.1) is 5.41 Å². The second kappa shape index (κ2) is 5.78. The van der Waals surface area contributed by atoms with Crippen molar-refractivity contribution in [1.82, 2.24) is 15.2 Å². The largest absolute Gasteiger partial charge is 0.395 e. The predicted octanol–water partition coefficient (Wildman–Crippen LogP) is 0.874. The average Bonchev–Trinajstić information content (AvgIpc) is 2.48. The summed E-state index contributed by atoms with van der Waals surface area (Å²) < 4.78 is 0. The first-order valence-electron chi connectivity index (χ1n) is 6.54. The predicted molar refractivity (Wildman–Crippen MR) is 72.2 cm³/mol. The topological polar surface area (TPSA) is 48.4 Å². The summed E-state index contributed by atoms with van der Waals surface area (Å²) in [6.07, 6.45) is 3.67. The molecule has 1 aliphatic heterocycles. The first-order valence-corrected chi connectivity index (χ1v) is 6.54. The number of rotatable bonds is 3. The molecule has 4 heteroatoms. The van der Waals surface area contributed by atoms with Gasteiger partial charge in [0.15, 0.2) is 0 Å². The maximum Gasteiger partial charge on any atom is 0.0597 e. The van der Waals surface area contributed by atoms with Crippen molar-refractivity contribution < 1.29 is 5.11 Å². The molecular weight excluding hydrogens is 226 g/mol. The lowest BCUT2D eigenvalue weighted by atomic mass is 9.93. The summed E-state index contributed by atoms with van der Waals surface area (Å²) in [5.74, 6) is 0. The Labute approximate surface area is 109 Å². The van der Waals surface area contributed by atoms with Gasteiger partial charge in [-0.3, -0.25) is 9.88 Å². The molecule has 0 radical (unpaired) electrons. The molecule has 1 aliphatic rings. The van der Waals surface area contributed by atoms with E-state index >= 15 is 0 Å². The number of nitrogens with zero attached hydrogens (tertiary/aromatic N) is 2. The van der Waals surface area contributed by atoms with E-state index in [0.29, 0.717) is 0 Å². The third-order valence-electron chi connectivity index (χ3n) is 3.38. The van der Waals surface area contributed by atoms with Crippen molar-refractivity contribution in [3.05, 3.63) is 30.1 Å². The second-order valence-corrected chi connectivity index (χ2v) is 5.95. The zero-order valence-electron chi connectivity index (χ0n) is 11.3. The van der Waals surface area contributed by atoms with E-state index < -0.39 is 0 Å². The highest BCUT2D eigenvalue weighted by Crippen LogP contribution is 2.20. The van der Waals surface area contributed by atoms with Gasteiger partial charge in [0.05, 0.1) is 6.61 Å². The van der Waals surface area contributed by atoms with Crippen LogP contribution < -0.4 is 5.32 Å². The fourth-order valence-corrected chi connectivity index (χ4v) is 2.51. The van der Waals surface area contributed by atoms with E-state index in [9.17, 15) is 5.11 Å². The smallest absolute Gasteiger partial charge is 0.0597 e. The minimum atomic E-state index is 0.175. The third-order valence-corrected chi connectivity index (χ3v) is 3.38. The van der Waals surface area contributed by atoms with Gasteiger partial charge in [-0.05, 0) is 23.1 Å². The van der Waals surface area contributed by atoms with Crippen molar-refractivity contribution >= 4 is 0 Å². The van der Waals surface area contributed by atoms with Crippen LogP contribution in [0.5, 0.6) is 0 Å². The van der Waals surface area contributed by atoms with E-state index in [4.69, 9.17) is 0 Å². The van der Waals surface area contributed by atoms with Crippen LogP contribution >= 0.6 is 0 Å². The summed E-state index contributed by atoms with van der Waals surface area (Å²) >= 11 is 0. The highest BCUT2D eigenvalue weighted by atomic mass is 16.3. The molecule has 2 N–H and O–H groups in total. The van der Waals surface area contributed by atoms with Gasteiger partial charge in [-0.2, -0.15) is 0 Å². The zero-order chi connectivity index (χ0) is 13.0. The highest BCUT2D eigenvalue weighted by Gasteiger charge is 2.28. The SMILES string of the molecule is CC1(C)CNC(CO)CN(Cc2ccncc2)C1. The van der Waals surface area contributed by atoms with Crippen LogP contribution in [0.3, 0.4) is 0 Å². The molecule has 1 atom stereocenters. The normalized spacial score (nSPS) is 24.7. The molecular formula is C14H23N3O. The molecule has 1 unspecified atom stereocenters. The average molecular weight is 249 g/mol. The number of hydrogen-bond donors (Lipinski definition) is 2. The number of aromatic nitrogens is 1.